The van der Waals surface area contributed by atoms with E-state index in [9.17, 15) is 9.59 Å². The number of amides is 2. The predicted octanol–water partition coefficient (Wildman–Crippen LogP) is 1.02. The highest BCUT2D eigenvalue weighted by Crippen LogP contribution is 2.22. The van der Waals surface area contributed by atoms with Crippen LogP contribution in [0.3, 0.4) is 0 Å². The molecule has 15 heavy (non-hydrogen) atoms. The molecular weight excluding hydrogens is 280 g/mol. The molecule has 1 fully saturated rings. The summed E-state index contributed by atoms with van der Waals surface area (Å²) in [5, 5.41) is 5.31. The van der Waals surface area contributed by atoms with Gasteiger partial charge in [-0.25, -0.2) is 0 Å². The number of hydrogen-bond acceptors (Lipinski definition) is 4. The molecule has 1 aromatic rings. The number of rotatable bonds is 3. The molecule has 1 atom stereocenters. The zero-order valence-electron chi connectivity index (χ0n) is 7.75. The molecule has 2 N–H and O–H groups in total. The Labute approximate surface area is 99.2 Å². The minimum Gasteiger partial charge on any atom is -0.300 e. The summed E-state index contributed by atoms with van der Waals surface area (Å²) in [6.07, 6.45) is 0.241. The highest BCUT2D eigenvalue weighted by Gasteiger charge is 2.29. The van der Waals surface area contributed by atoms with E-state index in [-0.39, 0.29) is 24.3 Å². The van der Waals surface area contributed by atoms with Gasteiger partial charge in [-0.3, -0.25) is 14.9 Å². The quantitative estimate of drug-likeness (QED) is 0.817. The molecule has 2 heterocycles. The highest BCUT2D eigenvalue weighted by molar-refractivity contribution is 9.11. The zero-order chi connectivity index (χ0) is 10.8. The second-order valence-electron chi connectivity index (χ2n) is 3.26. The second kappa shape index (κ2) is 4.42. The third-order valence-corrected chi connectivity index (χ3v) is 3.74. The molecule has 80 valence electrons. The van der Waals surface area contributed by atoms with Crippen molar-refractivity contribution < 1.29 is 9.59 Å². The number of carbonyl (C=O) groups excluding carboxylic acids is 2. The van der Waals surface area contributed by atoms with Gasteiger partial charge in [-0.15, -0.1) is 11.3 Å². The van der Waals surface area contributed by atoms with Gasteiger partial charge < -0.3 is 5.32 Å². The molecule has 1 aromatic heterocycles. The van der Waals surface area contributed by atoms with E-state index >= 15 is 0 Å². The van der Waals surface area contributed by atoms with Crippen molar-refractivity contribution in [1.82, 2.24) is 10.6 Å². The van der Waals surface area contributed by atoms with Crippen molar-refractivity contribution in [3.8, 4) is 0 Å². The summed E-state index contributed by atoms with van der Waals surface area (Å²) in [4.78, 5) is 23.2. The van der Waals surface area contributed by atoms with Crippen molar-refractivity contribution in [2.45, 2.75) is 19.0 Å². The average Bonchev–Trinajstić information content (AvgIpc) is 2.70. The molecule has 6 heteroatoms. The number of hydrogen-bond donors (Lipinski definition) is 2. The zero-order valence-corrected chi connectivity index (χ0v) is 10.2. The minimum atomic E-state index is -0.377. The van der Waals surface area contributed by atoms with Gasteiger partial charge in [-0.05, 0) is 28.1 Å². The minimum absolute atomic E-state index is 0.204. The monoisotopic (exact) mass is 288 g/mol. The van der Waals surface area contributed by atoms with Crippen LogP contribution in [0.1, 0.15) is 11.3 Å². The molecule has 4 nitrogen and oxygen atoms in total. The summed E-state index contributed by atoms with van der Waals surface area (Å²) in [5.41, 5.74) is 0. The van der Waals surface area contributed by atoms with E-state index in [0.29, 0.717) is 6.54 Å². The van der Waals surface area contributed by atoms with Crippen molar-refractivity contribution in [2.75, 3.05) is 0 Å². The summed E-state index contributed by atoms with van der Waals surface area (Å²) in [5.74, 6) is -0.430. The number of imide groups is 1. The summed E-state index contributed by atoms with van der Waals surface area (Å²) in [7, 11) is 0. The summed E-state index contributed by atoms with van der Waals surface area (Å²) >= 11 is 4.98. The molecule has 0 saturated carbocycles. The van der Waals surface area contributed by atoms with Gasteiger partial charge in [0.15, 0.2) is 0 Å². The first kappa shape index (κ1) is 10.8. The van der Waals surface area contributed by atoms with Crippen LogP contribution in [0.2, 0.25) is 0 Å². The van der Waals surface area contributed by atoms with Crippen molar-refractivity contribution >= 4 is 39.1 Å². The Morgan fingerprint density at radius 2 is 2.33 bits per heavy atom. The lowest BCUT2D eigenvalue weighted by Gasteiger charge is -2.06. The highest BCUT2D eigenvalue weighted by atomic mass is 79.9. The van der Waals surface area contributed by atoms with Gasteiger partial charge in [0, 0.05) is 11.4 Å². The molecule has 2 rings (SSSR count). The van der Waals surface area contributed by atoms with Crippen molar-refractivity contribution in [1.29, 1.82) is 0 Å². The Morgan fingerprint density at radius 3 is 2.87 bits per heavy atom. The lowest BCUT2D eigenvalue weighted by Crippen LogP contribution is -2.35. The lowest BCUT2D eigenvalue weighted by molar-refractivity contribution is -0.125. The average molecular weight is 289 g/mol. The third kappa shape index (κ3) is 2.64. The summed E-state index contributed by atoms with van der Waals surface area (Å²) in [6.45, 7) is 0.613. The number of thiophene rings is 1. The van der Waals surface area contributed by atoms with Crippen LogP contribution < -0.4 is 10.6 Å². The standard InChI is InChI=1S/C9H9BrN2O2S/c10-7-2-1-5(15-7)4-11-6-3-8(13)12-9(6)14/h1-2,6,11H,3-4H2,(H,12,13,14). The molecule has 1 aliphatic rings. The molecule has 0 radical (unpaired) electrons. The lowest BCUT2D eigenvalue weighted by atomic mass is 10.2. The van der Waals surface area contributed by atoms with Gasteiger partial charge in [-0.2, -0.15) is 0 Å². The molecule has 0 bridgehead atoms. The molecule has 0 aliphatic carbocycles. The van der Waals surface area contributed by atoms with Gasteiger partial charge in [0.25, 0.3) is 0 Å². The Bertz CT molecular complexity index is 405. The summed E-state index contributed by atoms with van der Waals surface area (Å²) < 4.78 is 1.06. The Morgan fingerprint density at radius 1 is 1.53 bits per heavy atom. The van der Waals surface area contributed by atoms with Gasteiger partial charge in [0.2, 0.25) is 11.8 Å². The largest absolute Gasteiger partial charge is 0.300 e. The van der Waals surface area contributed by atoms with E-state index in [1.54, 1.807) is 11.3 Å². The van der Waals surface area contributed by atoms with Crippen LogP contribution in [0.25, 0.3) is 0 Å². The van der Waals surface area contributed by atoms with Crippen LogP contribution in [-0.4, -0.2) is 17.9 Å². The van der Waals surface area contributed by atoms with Crippen LogP contribution in [0, 0.1) is 0 Å². The Balaban J connectivity index is 1.88. The molecule has 0 aromatic carbocycles. The van der Waals surface area contributed by atoms with Crippen LogP contribution in [0.15, 0.2) is 15.9 Å². The molecule has 1 aliphatic heterocycles. The van der Waals surface area contributed by atoms with Crippen molar-refractivity contribution in [3.05, 3.63) is 20.8 Å². The number of carbonyl (C=O) groups is 2. The van der Waals surface area contributed by atoms with E-state index in [1.807, 2.05) is 12.1 Å². The van der Waals surface area contributed by atoms with E-state index in [1.165, 1.54) is 0 Å². The fourth-order valence-electron chi connectivity index (χ4n) is 1.39. The normalized spacial score (nSPS) is 20.7. The molecule has 2 amide bonds. The first-order chi connectivity index (χ1) is 7.15. The first-order valence-electron chi connectivity index (χ1n) is 4.46. The SMILES string of the molecule is O=C1CC(NCc2ccc(Br)s2)C(=O)N1. The molecular formula is C9H9BrN2O2S. The van der Waals surface area contributed by atoms with E-state index in [0.717, 1.165) is 8.66 Å². The smallest absolute Gasteiger partial charge is 0.244 e. The maximum atomic E-state index is 11.2. The van der Waals surface area contributed by atoms with Crippen molar-refractivity contribution in [3.63, 3.8) is 0 Å². The van der Waals surface area contributed by atoms with Crippen LogP contribution in [0.4, 0.5) is 0 Å². The Kier molecular flexibility index (Phi) is 3.18. The molecule has 1 saturated heterocycles. The number of halogens is 1. The van der Waals surface area contributed by atoms with Gasteiger partial charge in [0.1, 0.15) is 0 Å². The third-order valence-electron chi connectivity index (χ3n) is 2.12. The molecule has 1 unspecified atom stereocenters. The van der Waals surface area contributed by atoms with E-state index in [4.69, 9.17) is 0 Å². The van der Waals surface area contributed by atoms with E-state index < -0.39 is 0 Å². The fourth-order valence-corrected chi connectivity index (χ4v) is 2.82. The topological polar surface area (TPSA) is 58.2 Å². The van der Waals surface area contributed by atoms with Crippen LogP contribution in [-0.2, 0) is 16.1 Å². The number of nitrogens with one attached hydrogen (secondary N) is 2. The fraction of sp³-hybridized carbons (Fsp3) is 0.333. The maximum absolute atomic E-state index is 11.2. The maximum Gasteiger partial charge on any atom is 0.244 e. The Hall–Kier alpha value is -0.720. The van der Waals surface area contributed by atoms with E-state index in [2.05, 4.69) is 26.6 Å². The van der Waals surface area contributed by atoms with Gasteiger partial charge >= 0.3 is 0 Å². The van der Waals surface area contributed by atoms with Gasteiger partial charge in [-0.1, -0.05) is 0 Å². The van der Waals surface area contributed by atoms with Gasteiger partial charge in [0.05, 0.1) is 16.2 Å². The van der Waals surface area contributed by atoms with Crippen molar-refractivity contribution in [2.24, 2.45) is 0 Å². The second-order valence-corrected chi connectivity index (χ2v) is 5.80. The first-order valence-corrected chi connectivity index (χ1v) is 6.07. The molecule has 0 spiro atoms. The predicted molar refractivity (Wildman–Crippen MR) is 60.4 cm³/mol. The van der Waals surface area contributed by atoms with Crippen LogP contribution in [0.5, 0.6) is 0 Å². The summed E-state index contributed by atoms with van der Waals surface area (Å²) in [6, 6.07) is 3.57. The van der Waals surface area contributed by atoms with Crippen LogP contribution >= 0.6 is 27.3 Å².